The molecule has 0 aliphatic heterocycles. The van der Waals surface area contributed by atoms with Crippen molar-refractivity contribution < 1.29 is 0 Å². The molecule has 0 saturated carbocycles. The first-order valence-electron chi connectivity index (χ1n) is 6.43. The maximum absolute atomic E-state index is 5.42. The Kier molecular flexibility index (Phi) is 3.73. The predicted molar refractivity (Wildman–Crippen MR) is 89.2 cm³/mol. The number of rotatable bonds is 2. The van der Waals surface area contributed by atoms with Crippen LogP contribution in [0.15, 0.2) is 41.1 Å². The van der Waals surface area contributed by atoms with Crippen molar-refractivity contribution in [3.05, 3.63) is 57.0 Å². The molecule has 3 aromatic rings. The van der Waals surface area contributed by atoms with E-state index in [2.05, 4.69) is 57.1 Å². The number of hydrogen-bond donors (Lipinski definition) is 1. The normalized spacial score (nSPS) is 10.8. The molecular weight excluding hydrogens is 348 g/mol. The van der Waals surface area contributed by atoms with Gasteiger partial charge in [-0.3, -0.25) is 14.6 Å². The molecule has 0 saturated heterocycles. The number of halogens is 1. The zero-order chi connectivity index (χ0) is 15.0. The van der Waals surface area contributed by atoms with Gasteiger partial charge in [-0.05, 0) is 61.5 Å². The van der Waals surface area contributed by atoms with Crippen LogP contribution in [-0.4, -0.2) is 19.7 Å². The van der Waals surface area contributed by atoms with Gasteiger partial charge in [0, 0.05) is 22.4 Å². The molecule has 0 bridgehead atoms. The van der Waals surface area contributed by atoms with Crippen LogP contribution in [0.2, 0.25) is 0 Å². The summed E-state index contributed by atoms with van der Waals surface area (Å²) in [6.45, 7) is 4.14. The Labute approximate surface area is 136 Å². The summed E-state index contributed by atoms with van der Waals surface area (Å²) in [5.74, 6) is 0.788. The zero-order valence-electron chi connectivity index (χ0n) is 11.6. The highest BCUT2D eigenvalue weighted by Gasteiger charge is 2.14. The second kappa shape index (κ2) is 5.54. The highest BCUT2D eigenvalue weighted by atomic mass is 79.9. The van der Waals surface area contributed by atoms with Gasteiger partial charge in [-0.1, -0.05) is 15.9 Å². The Hall–Kier alpha value is -1.79. The van der Waals surface area contributed by atoms with Crippen molar-refractivity contribution >= 4 is 28.1 Å². The summed E-state index contributed by atoms with van der Waals surface area (Å²) in [7, 11) is 0. The van der Waals surface area contributed by atoms with Crippen LogP contribution in [0.1, 0.15) is 11.1 Å². The molecule has 1 aromatic carbocycles. The van der Waals surface area contributed by atoms with Gasteiger partial charge < -0.3 is 0 Å². The summed E-state index contributed by atoms with van der Waals surface area (Å²) in [4.78, 5) is 4.05. The van der Waals surface area contributed by atoms with E-state index in [-0.39, 0.29) is 0 Å². The molecule has 4 nitrogen and oxygen atoms in total. The molecule has 0 aliphatic carbocycles. The van der Waals surface area contributed by atoms with Crippen LogP contribution >= 0.6 is 28.1 Å². The van der Waals surface area contributed by atoms with Crippen LogP contribution < -0.4 is 0 Å². The topological polar surface area (TPSA) is 46.5 Å². The first-order chi connectivity index (χ1) is 10.1. The molecule has 1 N–H and O–H groups in total. The van der Waals surface area contributed by atoms with Crippen molar-refractivity contribution in [1.29, 1.82) is 0 Å². The molecule has 0 amide bonds. The zero-order valence-corrected chi connectivity index (χ0v) is 14.0. The van der Waals surface area contributed by atoms with E-state index in [0.29, 0.717) is 4.77 Å². The molecule has 0 atom stereocenters. The van der Waals surface area contributed by atoms with Crippen LogP contribution in [-0.2, 0) is 0 Å². The Morgan fingerprint density at radius 2 is 1.76 bits per heavy atom. The molecule has 0 fully saturated rings. The lowest BCUT2D eigenvalue weighted by molar-refractivity contribution is 1.01. The Bertz CT molecular complexity index is 829. The van der Waals surface area contributed by atoms with Crippen LogP contribution in [0.3, 0.4) is 0 Å². The fraction of sp³-hybridized carbons (Fsp3) is 0.133. The minimum Gasteiger partial charge on any atom is -0.268 e. The van der Waals surface area contributed by atoms with Gasteiger partial charge in [0.15, 0.2) is 10.6 Å². The van der Waals surface area contributed by atoms with E-state index in [0.717, 1.165) is 32.7 Å². The standard InChI is InChI=1S/C15H13BrN4S/c1-9-7-12(16)8-10(2)13(9)20-14(18-19-15(20)21)11-3-5-17-6-4-11/h3-8H,1-2H3,(H,19,21). The van der Waals surface area contributed by atoms with Crippen molar-refractivity contribution in [2.24, 2.45) is 0 Å². The smallest absolute Gasteiger partial charge is 0.200 e. The highest BCUT2D eigenvalue weighted by Crippen LogP contribution is 2.28. The number of pyridine rings is 1. The minimum atomic E-state index is 0.579. The number of nitrogens with one attached hydrogen (secondary N) is 1. The number of benzene rings is 1. The largest absolute Gasteiger partial charge is 0.268 e. The number of H-pyrrole nitrogens is 1. The quantitative estimate of drug-likeness (QED) is 0.690. The monoisotopic (exact) mass is 360 g/mol. The van der Waals surface area contributed by atoms with Crippen molar-refractivity contribution in [2.45, 2.75) is 13.8 Å². The third kappa shape index (κ3) is 2.56. The van der Waals surface area contributed by atoms with Crippen LogP contribution in [0.25, 0.3) is 17.1 Å². The average molecular weight is 361 g/mol. The van der Waals surface area contributed by atoms with Gasteiger partial charge in [-0.25, -0.2) is 0 Å². The summed E-state index contributed by atoms with van der Waals surface area (Å²) < 4.78 is 3.61. The summed E-state index contributed by atoms with van der Waals surface area (Å²) in [5, 5.41) is 7.26. The van der Waals surface area contributed by atoms with Gasteiger partial charge in [0.25, 0.3) is 0 Å². The maximum atomic E-state index is 5.42. The number of aromatic amines is 1. The van der Waals surface area contributed by atoms with Gasteiger partial charge in [0.2, 0.25) is 0 Å². The predicted octanol–water partition coefficient (Wildman–Crippen LogP) is 4.37. The Morgan fingerprint density at radius 1 is 1.14 bits per heavy atom. The molecule has 2 aromatic heterocycles. The highest BCUT2D eigenvalue weighted by molar-refractivity contribution is 9.10. The van der Waals surface area contributed by atoms with E-state index in [1.165, 1.54) is 0 Å². The Balaban J connectivity index is 2.30. The second-order valence-corrected chi connectivity index (χ2v) is 6.11. The van der Waals surface area contributed by atoms with E-state index >= 15 is 0 Å². The van der Waals surface area contributed by atoms with Gasteiger partial charge in [-0.15, -0.1) is 0 Å². The molecule has 6 heteroatoms. The average Bonchev–Trinajstić information content (AvgIpc) is 2.81. The summed E-state index contributed by atoms with van der Waals surface area (Å²) in [5.41, 5.74) is 4.30. The fourth-order valence-corrected chi connectivity index (χ4v) is 3.36. The van der Waals surface area contributed by atoms with Crippen LogP contribution in [0.5, 0.6) is 0 Å². The summed E-state index contributed by atoms with van der Waals surface area (Å²) in [6, 6.07) is 8.00. The molecular formula is C15H13BrN4S. The second-order valence-electron chi connectivity index (χ2n) is 4.81. The molecule has 0 radical (unpaired) electrons. The molecule has 21 heavy (non-hydrogen) atoms. The first-order valence-corrected chi connectivity index (χ1v) is 7.63. The SMILES string of the molecule is Cc1cc(Br)cc(C)c1-n1c(-c2ccncc2)n[nH]c1=S. The van der Waals surface area contributed by atoms with E-state index in [1.807, 2.05) is 16.7 Å². The van der Waals surface area contributed by atoms with E-state index in [1.54, 1.807) is 12.4 Å². The lowest BCUT2D eigenvalue weighted by Gasteiger charge is -2.13. The first kappa shape index (κ1) is 14.2. The van der Waals surface area contributed by atoms with Gasteiger partial charge in [0.1, 0.15) is 0 Å². The van der Waals surface area contributed by atoms with Gasteiger partial charge in [0.05, 0.1) is 5.69 Å². The summed E-state index contributed by atoms with van der Waals surface area (Å²) >= 11 is 8.95. The Morgan fingerprint density at radius 3 is 2.38 bits per heavy atom. The number of aryl methyl sites for hydroxylation is 2. The number of aromatic nitrogens is 4. The molecule has 0 spiro atoms. The molecule has 3 rings (SSSR count). The number of hydrogen-bond acceptors (Lipinski definition) is 3. The molecule has 0 unspecified atom stereocenters. The fourth-order valence-electron chi connectivity index (χ4n) is 2.45. The lowest BCUT2D eigenvalue weighted by atomic mass is 10.1. The maximum Gasteiger partial charge on any atom is 0.200 e. The van der Waals surface area contributed by atoms with E-state index in [9.17, 15) is 0 Å². The van der Waals surface area contributed by atoms with Gasteiger partial charge >= 0.3 is 0 Å². The van der Waals surface area contributed by atoms with Crippen molar-refractivity contribution in [3.63, 3.8) is 0 Å². The van der Waals surface area contributed by atoms with Crippen LogP contribution in [0.4, 0.5) is 0 Å². The van der Waals surface area contributed by atoms with Crippen LogP contribution in [0, 0.1) is 18.6 Å². The van der Waals surface area contributed by atoms with E-state index < -0.39 is 0 Å². The third-order valence-electron chi connectivity index (χ3n) is 3.29. The van der Waals surface area contributed by atoms with E-state index in [4.69, 9.17) is 12.2 Å². The summed E-state index contributed by atoms with van der Waals surface area (Å²) in [6.07, 6.45) is 3.50. The third-order valence-corrected chi connectivity index (χ3v) is 4.02. The van der Waals surface area contributed by atoms with Crippen molar-refractivity contribution in [3.8, 4) is 17.1 Å². The lowest BCUT2D eigenvalue weighted by Crippen LogP contribution is -2.03. The molecule has 2 heterocycles. The molecule has 0 aliphatic rings. The van der Waals surface area contributed by atoms with Crippen molar-refractivity contribution in [1.82, 2.24) is 19.7 Å². The molecule has 106 valence electrons. The minimum absolute atomic E-state index is 0.579. The van der Waals surface area contributed by atoms with Gasteiger partial charge in [-0.2, -0.15) is 5.10 Å². The number of nitrogens with zero attached hydrogens (tertiary/aromatic N) is 3. The van der Waals surface area contributed by atoms with Crippen molar-refractivity contribution in [2.75, 3.05) is 0 Å².